The number of anilines is 3. The van der Waals surface area contributed by atoms with Crippen molar-refractivity contribution in [1.29, 1.82) is 0 Å². The van der Waals surface area contributed by atoms with E-state index in [4.69, 9.17) is 8.75 Å². The second-order valence-corrected chi connectivity index (χ2v) is 25.5. The number of fused-ring (bicyclic) bond motifs is 10. The summed E-state index contributed by atoms with van der Waals surface area (Å²) < 4.78 is 17.4. The van der Waals surface area contributed by atoms with Gasteiger partial charge in [-0.3, -0.25) is 0 Å². The molecule has 97 heavy (non-hydrogen) atoms. The summed E-state index contributed by atoms with van der Waals surface area (Å²) in [4.78, 5) is 2.34. The van der Waals surface area contributed by atoms with Crippen molar-refractivity contribution in [3.63, 3.8) is 0 Å². The highest BCUT2D eigenvalue weighted by Gasteiger charge is 2.23. The summed E-state index contributed by atoms with van der Waals surface area (Å²) in [5.41, 5.74) is 28.9. The third-order valence-electron chi connectivity index (χ3n) is 19.6. The third kappa shape index (κ3) is 9.54. The first-order valence-electron chi connectivity index (χ1n) is 32.9. The molecular weight excluding hydrogens is 1200 g/mol. The van der Waals surface area contributed by atoms with Gasteiger partial charge in [0, 0.05) is 66.3 Å². The monoisotopic (exact) mass is 1250 g/mol. The first-order valence-corrected chi connectivity index (χ1v) is 33.7. The molecule has 0 amide bonds. The van der Waals surface area contributed by atoms with Gasteiger partial charge < -0.3 is 18.6 Å². The molecule has 454 valence electrons. The molecule has 4 heterocycles. The molecule has 0 fully saturated rings. The van der Waals surface area contributed by atoms with E-state index in [0.717, 1.165) is 89.6 Å². The number of benzene rings is 15. The average Bonchev–Trinajstić information content (AvgIpc) is 1.52. The number of rotatable bonds is 12. The van der Waals surface area contributed by atoms with Gasteiger partial charge in [-0.15, -0.1) is 0 Å². The molecule has 0 aliphatic rings. The van der Waals surface area contributed by atoms with Gasteiger partial charge in [0.15, 0.2) is 0 Å². The van der Waals surface area contributed by atoms with Gasteiger partial charge in [-0.1, -0.05) is 218 Å². The second-order valence-electron chi connectivity index (χ2n) is 25.0. The standard InChI is InChI=1S/C90H58N6S/c1-5-17-59(18-6-1)62-29-45-73(46-30-62)95-83-28-16-14-26-77(83)79-56-69(40-51-85(79)95)64-33-43-72(44-34-64)93(71-41-31-63(32-42-71)68-39-50-84-78(55-68)76-25-13-15-27-82(76)94(84)70-23-11-4-12-24-70)88-54-49-75(89-90(88)92-97-91-89)65-35-47-74(48-36-65)96-86-52-37-66(60-19-7-2-8-20-60)57-80(86)81-58-67(38-53-87(81)96)61-21-9-3-10-22-61/h1-58H. The molecule has 0 aliphatic heterocycles. The van der Waals surface area contributed by atoms with E-state index in [-0.39, 0.29) is 0 Å². The van der Waals surface area contributed by atoms with Crippen LogP contribution in [-0.4, -0.2) is 22.4 Å². The van der Waals surface area contributed by atoms with Crippen LogP contribution < -0.4 is 4.90 Å². The maximum Gasteiger partial charge on any atom is 0.129 e. The number of para-hydroxylation sites is 3. The highest BCUT2D eigenvalue weighted by Crippen LogP contribution is 2.45. The lowest BCUT2D eigenvalue weighted by atomic mass is 10.00. The van der Waals surface area contributed by atoms with Crippen molar-refractivity contribution in [2.75, 3.05) is 4.90 Å². The largest absolute Gasteiger partial charge is 0.309 e. The molecule has 6 nitrogen and oxygen atoms in total. The summed E-state index contributed by atoms with van der Waals surface area (Å²) in [6.07, 6.45) is 0. The van der Waals surface area contributed by atoms with Crippen LogP contribution in [0.15, 0.2) is 352 Å². The zero-order valence-corrected chi connectivity index (χ0v) is 53.4. The van der Waals surface area contributed by atoms with Crippen LogP contribution in [0.3, 0.4) is 0 Å². The summed E-state index contributed by atoms with van der Waals surface area (Å²) in [5.74, 6) is 0. The number of nitrogens with zero attached hydrogens (tertiary/aromatic N) is 6. The van der Waals surface area contributed by atoms with Crippen LogP contribution >= 0.6 is 11.7 Å². The van der Waals surface area contributed by atoms with Crippen molar-refractivity contribution < 1.29 is 0 Å². The van der Waals surface area contributed by atoms with E-state index in [1.54, 1.807) is 0 Å². The number of aromatic nitrogens is 5. The van der Waals surface area contributed by atoms with Crippen molar-refractivity contribution in [2.24, 2.45) is 0 Å². The second kappa shape index (κ2) is 23.1. The summed E-state index contributed by atoms with van der Waals surface area (Å²) in [6, 6.07) is 128. The van der Waals surface area contributed by atoms with E-state index in [1.165, 1.54) is 99.5 Å². The van der Waals surface area contributed by atoms with Crippen LogP contribution in [-0.2, 0) is 0 Å². The van der Waals surface area contributed by atoms with E-state index < -0.39 is 0 Å². The van der Waals surface area contributed by atoms with Gasteiger partial charge in [0.2, 0.25) is 0 Å². The lowest BCUT2D eigenvalue weighted by Crippen LogP contribution is -2.10. The van der Waals surface area contributed by atoms with Gasteiger partial charge in [0.05, 0.1) is 50.5 Å². The molecule has 19 aromatic rings. The number of hydrogen-bond acceptors (Lipinski definition) is 4. The quantitative estimate of drug-likeness (QED) is 0.122. The first kappa shape index (κ1) is 55.9. The SMILES string of the molecule is c1ccc(-c2ccc(-n3c4ccccc4c4cc(-c5ccc(N(c6ccc(-c7ccc8c(c7)c7ccccc7n8-c7ccccc7)cc6)c6ccc(-c7ccc(-n8c9ccc(-c%10ccccc%10)cc9c9cc(-c%10ccccc%10)ccc98)cc7)c7nsnc67)cc5)ccc43)cc2)cc1. The predicted octanol–water partition coefficient (Wildman–Crippen LogP) is 24.5. The first-order chi connectivity index (χ1) is 48.1. The van der Waals surface area contributed by atoms with Gasteiger partial charge >= 0.3 is 0 Å². The minimum Gasteiger partial charge on any atom is -0.309 e. The normalized spacial score (nSPS) is 11.7. The molecule has 0 saturated carbocycles. The van der Waals surface area contributed by atoms with E-state index >= 15 is 0 Å². The van der Waals surface area contributed by atoms with Crippen molar-refractivity contribution in [1.82, 2.24) is 22.4 Å². The summed E-state index contributed by atoms with van der Waals surface area (Å²) >= 11 is 1.25. The zero-order valence-electron chi connectivity index (χ0n) is 52.6. The topological polar surface area (TPSA) is 43.8 Å². The summed E-state index contributed by atoms with van der Waals surface area (Å²) in [5, 5.41) is 7.30. The fourth-order valence-corrected chi connectivity index (χ4v) is 15.5. The molecule has 15 aromatic carbocycles. The molecule has 0 spiro atoms. The average molecular weight is 1260 g/mol. The molecule has 0 radical (unpaired) electrons. The summed E-state index contributed by atoms with van der Waals surface area (Å²) in [7, 11) is 0. The van der Waals surface area contributed by atoms with Crippen molar-refractivity contribution in [3.05, 3.63) is 352 Å². The Hall–Kier alpha value is -12.7. The zero-order chi connectivity index (χ0) is 63.9. The Morgan fingerprint density at radius 3 is 0.948 bits per heavy atom. The van der Waals surface area contributed by atoms with Crippen molar-refractivity contribution in [3.8, 4) is 83.8 Å². The van der Waals surface area contributed by atoms with Crippen molar-refractivity contribution in [2.45, 2.75) is 0 Å². The molecule has 19 rings (SSSR count). The molecular formula is C90H58N6S. The Balaban J connectivity index is 0.699. The highest BCUT2D eigenvalue weighted by molar-refractivity contribution is 7.00. The van der Waals surface area contributed by atoms with Gasteiger partial charge in [-0.25, -0.2) is 0 Å². The van der Waals surface area contributed by atoms with E-state index in [1.807, 2.05) is 0 Å². The maximum atomic E-state index is 5.15. The Morgan fingerprint density at radius 1 is 0.216 bits per heavy atom. The fraction of sp³-hybridized carbons (Fsp3) is 0. The Labute approximate surface area is 564 Å². The molecule has 7 heteroatoms. The minimum absolute atomic E-state index is 0.836. The van der Waals surface area contributed by atoms with Gasteiger partial charge in [0.1, 0.15) is 11.0 Å². The molecule has 0 saturated heterocycles. The molecule has 4 aromatic heterocycles. The lowest BCUT2D eigenvalue weighted by Gasteiger charge is -2.26. The third-order valence-corrected chi connectivity index (χ3v) is 20.1. The van der Waals surface area contributed by atoms with Crippen LogP contribution in [0, 0.1) is 0 Å². The molecule has 0 atom stereocenters. The summed E-state index contributed by atoms with van der Waals surface area (Å²) in [6.45, 7) is 0. The van der Waals surface area contributed by atoms with E-state index in [9.17, 15) is 0 Å². The smallest absolute Gasteiger partial charge is 0.129 e. The van der Waals surface area contributed by atoms with E-state index in [0.29, 0.717) is 0 Å². The van der Waals surface area contributed by atoms with Crippen LogP contribution in [0.2, 0.25) is 0 Å². The molecule has 0 aliphatic carbocycles. The van der Waals surface area contributed by atoms with Gasteiger partial charge in [-0.2, -0.15) is 8.75 Å². The molecule has 0 unspecified atom stereocenters. The van der Waals surface area contributed by atoms with Crippen LogP contribution in [0.25, 0.3) is 160 Å². The van der Waals surface area contributed by atoms with E-state index in [2.05, 4.69) is 370 Å². The van der Waals surface area contributed by atoms with Crippen LogP contribution in [0.4, 0.5) is 17.1 Å². The Kier molecular flexibility index (Phi) is 13.3. The fourth-order valence-electron chi connectivity index (χ4n) is 14.9. The predicted molar refractivity (Wildman–Crippen MR) is 408 cm³/mol. The Bertz CT molecular complexity index is 6090. The number of hydrogen-bond donors (Lipinski definition) is 0. The minimum atomic E-state index is 0.836. The van der Waals surface area contributed by atoms with Gasteiger partial charge in [-0.05, 0) is 195 Å². The maximum absolute atomic E-state index is 5.15. The van der Waals surface area contributed by atoms with Crippen molar-refractivity contribution >= 4 is 105 Å². The molecule has 0 bridgehead atoms. The highest BCUT2D eigenvalue weighted by atomic mass is 32.1. The lowest BCUT2D eigenvalue weighted by molar-refractivity contribution is 1.18. The Morgan fingerprint density at radius 2 is 0.515 bits per heavy atom. The van der Waals surface area contributed by atoms with Crippen LogP contribution in [0.5, 0.6) is 0 Å². The van der Waals surface area contributed by atoms with Gasteiger partial charge in [0.25, 0.3) is 0 Å². The van der Waals surface area contributed by atoms with Crippen LogP contribution in [0.1, 0.15) is 0 Å². The molecule has 0 N–H and O–H groups in total.